The Labute approximate surface area is 168 Å². The van der Waals surface area contributed by atoms with E-state index in [4.69, 9.17) is 4.52 Å². The number of aromatic nitrogens is 3. The number of aryl methyl sites for hydroxylation is 1. The van der Waals surface area contributed by atoms with Crippen molar-refractivity contribution in [1.82, 2.24) is 20.3 Å². The summed E-state index contributed by atoms with van der Waals surface area (Å²) in [6, 6.07) is 0.373. The fourth-order valence-corrected chi connectivity index (χ4v) is 4.00. The Bertz CT molecular complexity index is 690. The van der Waals surface area contributed by atoms with Gasteiger partial charge in [0.15, 0.2) is 0 Å². The average molecular weight is 413 g/mol. The van der Waals surface area contributed by atoms with Gasteiger partial charge in [0.2, 0.25) is 5.91 Å². The summed E-state index contributed by atoms with van der Waals surface area (Å²) in [5.74, 6) is 0.0322. The maximum absolute atomic E-state index is 12.2. The second-order valence-electron chi connectivity index (χ2n) is 8.95. The molecule has 0 spiro atoms. The number of carbonyl (C=O) groups is 1. The Morgan fingerprint density at radius 3 is 2.54 bits per heavy atom. The minimum atomic E-state index is -3.89. The van der Waals surface area contributed by atoms with Gasteiger partial charge in [0, 0.05) is 29.9 Å². The molecule has 0 aromatic carbocycles. The second kappa shape index (κ2) is 9.51. The fourth-order valence-electron chi connectivity index (χ4n) is 3.08. The van der Waals surface area contributed by atoms with Crippen LogP contribution in [0.3, 0.4) is 0 Å². The summed E-state index contributed by atoms with van der Waals surface area (Å²) < 4.78 is 19.4. The third-order valence-corrected chi connectivity index (χ3v) is 7.29. The van der Waals surface area contributed by atoms with Crippen molar-refractivity contribution >= 4 is 13.5 Å². The van der Waals surface area contributed by atoms with Gasteiger partial charge in [0.1, 0.15) is 7.60 Å². The Kier molecular flexibility index (Phi) is 7.82. The Morgan fingerprint density at radius 2 is 2.00 bits per heavy atom. The number of hydrogen-bond acceptors (Lipinski definition) is 6. The average Bonchev–Trinajstić information content (AvgIpc) is 3.04. The molecule has 1 unspecified atom stereocenters. The van der Waals surface area contributed by atoms with E-state index < -0.39 is 12.8 Å². The summed E-state index contributed by atoms with van der Waals surface area (Å²) >= 11 is 0. The zero-order valence-electron chi connectivity index (χ0n) is 17.7. The molecule has 0 aliphatic heterocycles. The van der Waals surface area contributed by atoms with Gasteiger partial charge in [-0.3, -0.25) is 4.79 Å². The smallest absolute Gasteiger partial charge is 0.220 e. The molecule has 8 nitrogen and oxygen atoms in total. The molecule has 1 aromatic rings. The normalized spacial score (nSPS) is 22.8. The van der Waals surface area contributed by atoms with E-state index >= 15 is 0 Å². The van der Waals surface area contributed by atoms with Crippen LogP contribution < -0.4 is 10.2 Å². The van der Waals surface area contributed by atoms with Gasteiger partial charge in [-0.2, -0.15) is 0 Å². The highest BCUT2D eigenvalue weighted by Gasteiger charge is 2.32. The second-order valence-corrected chi connectivity index (χ2v) is 11.5. The van der Waals surface area contributed by atoms with Gasteiger partial charge >= 0.3 is 0 Å². The van der Waals surface area contributed by atoms with E-state index in [1.165, 1.54) is 0 Å². The van der Waals surface area contributed by atoms with Crippen molar-refractivity contribution in [1.29, 1.82) is 0 Å². The van der Waals surface area contributed by atoms with Gasteiger partial charge in [-0.1, -0.05) is 26.0 Å². The number of carbonyl (C=O) groups excluding carboxylic acids is 1. The highest BCUT2D eigenvalue weighted by atomic mass is 31.2. The van der Waals surface area contributed by atoms with Gasteiger partial charge < -0.3 is 19.3 Å². The number of nitrogens with zero attached hydrogens (tertiary/aromatic N) is 3. The molecule has 1 heterocycles. The fraction of sp³-hybridized carbons (Fsp3) is 0.842. The summed E-state index contributed by atoms with van der Waals surface area (Å²) in [6.45, 7) is 9.04. The van der Waals surface area contributed by atoms with Crippen LogP contribution in [-0.2, 0) is 20.3 Å². The van der Waals surface area contributed by atoms with Crippen LogP contribution in [0.4, 0.5) is 0 Å². The minimum Gasteiger partial charge on any atom is -0.778 e. The first-order valence-corrected chi connectivity index (χ1v) is 11.7. The van der Waals surface area contributed by atoms with Crippen molar-refractivity contribution in [3.05, 3.63) is 11.9 Å². The van der Waals surface area contributed by atoms with Crippen molar-refractivity contribution in [3.8, 4) is 0 Å². The van der Waals surface area contributed by atoms with Gasteiger partial charge in [0.05, 0.1) is 11.8 Å². The summed E-state index contributed by atoms with van der Waals surface area (Å²) in [4.78, 5) is 24.4. The zero-order valence-corrected chi connectivity index (χ0v) is 18.6. The molecule has 1 fully saturated rings. The third kappa shape index (κ3) is 6.68. The minimum absolute atomic E-state index is 0.0322. The highest BCUT2D eigenvalue weighted by molar-refractivity contribution is 7.53. The number of rotatable bonds is 8. The van der Waals surface area contributed by atoms with Crippen molar-refractivity contribution in [3.63, 3.8) is 0 Å². The van der Waals surface area contributed by atoms with E-state index in [2.05, 4.69) is 15.6 Å². The molecule has 1 aliphatic carbocycles. The molecule has 160 valence electrons. The van der Waals surface area contributed by atoms with Gasteiger partial charge in [-0.05, 0) is 52.4 Å². The molecule has 1 amide bonds. The van der Waals surface area contributed by atoms with Gasteiger partial charge in [-0.15, -0.1) is 5.10 Å². The molecule has 9 heteroatoms. The Balaban J connectivity index is 1.67. The number of amides is 1. The lowest BCUT2D eigenvalue weighted by Crippen LogP contribution is -2.39. The molecule has 1 saturated carbocycles. The molecular formula is C19H34N4O4P-. The van der Waals surface area contributed by atoms with Crippen LogP contribution in [0.2, 0.25) is 0 Å². The summed E-state index contributed by atoms with van der Waals surface area (Å²) in [5, 5.41) is 10.4. The molecule has 0 bridgehead atoms. The van der Waals surface area contributed by atoms with Crippen molar-refractivity contribution < 1.29 is 18.8 Å². The number of hydrogen-bond donors (Lipinski definition) is 1. The molecule has 1 N–H and O–H groups in total. The molecule has 1 aromatic heterocycles. The van der Waals surface area contributed by atoms with E-state index in [1.54, 1.807) is 20.8 Å². The zero-order chi connectivity index (χ0) is 20.9. The van der Waals surface area contributed by atoms with Crippen molar-refractivity contribution in [2.45, 2.75) is 103 Å². The van der Waals surface area contributed by atoms with Crippen LogP contribution in [0, 0.1) is 0 Å². The summed E-state index contributed by atoms with van der Waals surface area (Å²) in [5.41, 5.74) is 0.903. The first-order chi connectivity index (χ1) is 13.0. The van der Waals surface area contributed by atoms with Crippen LogP contribution in [0.1, 0.15) is 84.9 Å². The number of nitrogens with one attached hydrogen (secondary N) is 1. The SMILES string of the molecule is CC(C)n1cc(CCCC(=O)NC2CCC(OP(=O)([O-])C(C)(C)C)CC2)nn1. The predicted molar refractivity (Wildman–Crippen MR) is 106 cm³/mol. The lowest BCUT2D eigenvalue weighted by molar-refractivity contribution is -0.209. The Morgan fingerprint density at radius 1 is 1.36 bits per heavy atom. The highest BCUT2D eigenvalue weighted by Crippen LogP contribution is 2.53. The largest absolute Gasteiger partial charge is 0.778 e. The van der Waals surface area contributed by atoms with Crippen LogP contribution in [0.15, 0.2) is 6.20 Å². The molecule has 0 radical (unpaired) electrons. The van der Waals surface area contributed by atoms with E-state index in [0.717, 1.165) is 31.4 Å². The molecule has 1 atom stereocenters. The lowest BCUT2D eigenvalue weighted by atomic mass is 9.93. The van der Waals surface area contributed by atoms with Crippen LogP contribution >= 0.6 is 7.60 Å². The van der Waals surface area contributed by atoms with E-state index in [9.17, 15) is 14.3 Å². The maximum Gasteiger partial charge on any atom is 0.220 e. The van der Waals surface area contributed by atoms with Crippen molar-refractivity contribution in [2.24, 2.45) is 0 Å². The molecule has 28 heavy (non-hydrogen) atoms. The first kappa shape index (κ1) is 23.0. The third-order valence-electron chi connectivity index (χ3n) is 5.07. The molecule has 0 saturated heterocycles. The lowest BCUT2D eigenvalue weighted by Gasteiger charge is -2.40. The van der Waals surface area contributed by atoms with Gasteiger partial charge in [-0.25, -0.2) is 4.68 Å². The molecular weight excluding hydrogens is 379 g/mol. The topological polar surface area (TPSA) is 109 Å². The monoisotopic (exact) mass is 413 g/mol. The standard InChI is InChI=1S/C19H35N4O4P/c1-14(2)23-13-16(21-22-23)7-6-8-18(24)20-15-9-11-17(12-10-15)27-28(25,26)19(3,4)5/h13-15,17H,6-12H2,1-5H3,(H,20,24)(H,25,26)/p-1. The first-order valence-electron chi connectivity index (χ1n) is 10.2. The summed E-state index contributed by atoms with van der Waals surface area (Å²) in [7, 11) is -3.89. The van der Waals surface area contributed by atoms with E-state index in [1.807, 2.05) is 24.7 Å². The maximum atomic E-state index is 12.2. The molecule has 1 aliphatic rings. The van der Waals surface area contributed by atoms with Crippen LogP contribution in [-0.4, -0.2) is 38.2 Å². The molecule has 2 rings (SSSR count). The summed E-state index contributed by atoms with van der Waals surface area (Å²) in [6.07, 6.45) is 6.32. The quantitative estimate of drug-likeness (QED) is 0.656. The van der Waals surface area contributed by atoms with Crippen LogP contribution in [0.5, 0.6) is 0 Å². The Hall–Kier alpha value is -1.24. The van der Waals surface area contributed by atoms with E-state index in [-0.39, 0.29) is 24.1 Å². The van der Waals surface area contributed by atoms with Gasteiger partial charge in [0.25, 0.3) is 0 Å². The van der Waals surface area contributed by atoms with Crippen molar-refractivity contribution in [2.75, 3.05) is 0 Å². The van der Waals surface area contributed by atoms with E-state index in [0.29, 0.717) is 19.3 Å². The predicted octanol–water partition coefficient (Wildman–Crippen LogP) is 2.98. The van der Waals surface area contributed by atoms with Crippen LogP contribution in [0.25, 0.3) is 0 Å².